The Morgan fingerprint density at radius 1 is 1.09 bits per heavy atom. The standard InChI is InChI=1S/C22H26F2N6O3/c1-6-7-16(19(24)12(2)23)30(27)22(29-26)15-8-14(11-28-21(15)25)13-9-17(31-3)20(33-5)18(10-13)32-4/h6-11H,1,26-27H2,2-5H3,(H2,25,28)/b16-7+,19-12-,29-22-. The molecule has 0 fully saturated rings. The van der Waals surface area contributed by atoms with Gasteiger partial charge in [-0.1, -0.05) is 12.7 Å². The van der Waals surface area contributed by atoms with Gasteiger partial charge in [-0.05, 0) is 36.8 Å². The molecule has 11 heteroatoms. The van der Waals surface area contributed by atoms with Gasteiger partial charge in [0.25, 0.3) is 0 Å². The number of hydrogen-bond acceptors (Lipinski definition) is 8. The van der Waals surface area contributed by atoms with Crippen molar-refractivity contribution in [2.45, 2.75) is 6.92 Å². The Labute approximate surface area is 190 Å². The van der Waals surface area contributed by atoms with Crippen LogP contribution >= 0.6 is 0 Å². The minimum absolute atomic E-state index is 0.00477. The fourth-order valence-electron chi connectivity index (χ4n) is 2.98. The van der Waals surface area contributed by atoms with Crippen LogP contribution in [-0.4, -0.2) is 37.2 Å². The van der Waals surface area contributed by atoms with E-state index < -0.39 is 11.7 Å². The lowest BCUT2D eigenvalue weighted by Gasteiger charge is -2.23. The van der Waals surface area contributed by atoms with Crippen LogP contribution < -0.4 is 31.6 Å². The molecule has 0 atom stereocenters. The number of benzene rings is 1. The van der Waals surface area contributed by atoms with Crippen molar-refractivity contribution in [2.75, 3.05) is 27.1 Å². The number of anilines is 1. The average molecular weight is 460 g/mol. The van der Waals surface area contributed by atoms with Crippen LogP contribution in [-0.2, 0) is 0 Å². The first-order valence-corrected chi connectivity index (χ1v) is 9.47. The highest BCUT2D eigenvalue weighted by Gasteiger charge is 2.23. The Kier molecular flexibility index (Phi) is 8.35. The van der Waals surface area contributed by atoms with Gasteiger partial charge in [0, 0.05) is 11.8 Å². The lowest BCUT2D eigenvalue weighted by Crippen LogP contribution is -2.39. The summed E-state index contributed by atoms with van der Waals surface area (Å²) in [7, 11) is 4.47. The van der Waals surface area contributed by atoms with Gasteiger partial charge in [-0.15, -0.1) is 0 Å². The third kappa shape index (κ3) is 5.21. The number of allylic oxidation sites excluding steroid dienone is 4. The largest absolute Gasteiger partial charge is 0.493 e. The normalized spacial score (nSPS) is 12.7. The summed E-state index contributed by atoms with van der Waals surface area (Å²) < 4.78 is 44.1. The summed E-state index contributed by atoms with van der Waals surface area (Å²) in [4.78, 5) is 4.17. The molecule has 0 aliphatic rings. The fourth-order valence-corrected chi connectivity index (χ4v) is 2.98. The highest BCUT2D eigenvalue weighted by Crippen LogP contribution is 2.41. The molecule has 0 bridgehead atoms. The Morgan fingerprint density at radius 2 is 1.70 bits per heavy atom. The van der Waals surface area contributed by atoms with E-state index in [1.807, 2.05) is 0 Å². The summed E-state index contributed by atoms with van der Waals surface area (Å²) in [5.74, 6) is 10.4. The van der Waals surface area contributed by atoms with Crippen LogP contribution in [0.1, 0.15) is 12.5 Å². The monoisotopic (exact) mass is 460 g/mol. The van der Waals surface area contributed by atoms with E-state index in [9.17, 15) is 8.78 Å². The Balaban J connectivity index is 2.66. The molecule has 0 aliphatic carbocycles. The first-order chi connectivity index (χ1) is 15.7. The Bertz CT molecular complexity index is 1100. The molecule has 0 spiro atoms. The number of nitrogens with two attached hydrogens (primary N) is 3. The molecule has 0 radical (unpaired) electrons. The van der Waals surface area contributed by atoms with Crippen LogP contribution in [0.25, 0.3) is 11.1 Å². The number of nitrogens with zero attached hydrogens (tertiary/aromatic N) is 3. The number of pyridine rings is 1. The van der Waals surface area contributed by atoms with Gasteiger partial charge >= 0.3 is 0 Å². The second-order valence-electron chi connectivity index (χ2n) is 6.53. The molecular formula is C22H26F2N6O3. The van der Waals surface area contributed by atoms with E-state index in [0.717, 1.165) is 18.0 Å². The summed E-state index contributed by atoms with van der Waals surface area (Å²) in [6.45, 7) is 4.43. The SMILES string of the molecule is C=C/C=C(\C(F)=C(/C)F)N(N)/C(=N\N)c1cc(-c2cc(OC)c(OC)c(OC)c2)cnc1N. The van der Waals surface area contributed by atoms with Crippen molar-refractivity contribution < 1.29 is 23.0 Å². The second-order valence-corrected chi connectivity index (χ2v) is 6.53. The highest BCUT2D eigenvalue weighted by molar-refractivity contribution is 6.04. The maximum absolute atomic E-state index is 14.4. The number of nitrogen functional groups attached to an aromatic ring is 1. The molecule has 0 saturated carbocycles. The van der Waals surface area contributed by atoms with Crippen molar-refractivity contribution in [3.8, 4) is 28.4 Å². The Morgan fingerprint density at radius 3 is 2.15 bits per heavy atom. The molecule has 1 aromatic heterocycles. The summed E-state index contributed by atoms with van der Waals surface area (Å²) in [6.07, 6.45) is 3.90. The number of hydrazine groups is 1. The molecule has 33 heavy (non-hydrogen) atoms. The maximum atomic E-state index is 14.4. The first-order valence-electron chi connectivity index (χ1n) is 9.47. The number of rotatable bonds is 8. The van der Waals surface area contributed by atoms with Crippen molar-refractivity contribution in [1.29, 1.82) is 0 Å². The fraction of sp³-hybridized carbons (Fsp3) is 0.182. The second kappa shape index (κ2) is 11.0. The maximum Gasteiger partial charge on any atom is 0.203 e. The smallest absolute Gasteiger partial charge is 0.203 e. The lowest BCUT2D eigenvalue weighted by molar-refractivity contribution is 0.324. The minimum Gasteiger partial charge on any atom is -0.493 e. The summed E-state index contributed by atoms with van der Waals surface area (Å²) in [5, 5.41) is 4.39. The zero-order chi connectivity index (χ0) is 24.7. The van der Waals surface area contributed by atoms with Crippen molar-refractivity contribution in [2.24, 2.45) is 16.8 Å². The molecule has 176 valence electrons. The number of amidine groups is 1. The molecule has 1 heterocycles. The summed E-state index contributed by atoms with van der Waals surface area (Å²) in [6, 6.07) is 5.00. The third-order valence-electron chi connectivity index (χ3n) is 4.57. The van der Waals surface area contributed by atoms with Gasteiger partial charge in [0.05, 0.1) is 32.6 Å². The van der Waals surface area contributed by atoms with Gasteiger partial charge in [-0.2, -0.15) is 5.10 Å². The van der Waals surface area contributed by atoms with Crippen molar-refractivity contribution in [1.82, 2.24) is 9.99 Å². The van der Waals surface area contributed by atoms with Gasteiger partial charge in [-0.25, -0.2) is 19.6 Å². The number of aromatic nitrogens is 1. The summed E-state index contributed by atoms with van der Waals surface area (Å²) in [5.41, 5.74) is 7.02. The van der Waals surface area contributed by atoms with Gasteiger partial charge in [0.1, 0.15) is 11.6 Å². The predicted octanol–water partition coefficient (Wildman–Crippen LogP) is 3.39. The van der Waals surface area contributed by atoms with Crippen LogP contribution in [0.5, 0.6) is 17.2 Å². The zero-order valence-electron chi connectivity index (χ0n) is 18.7. The van der Waals surface area contributed by atoms with Gasteiger partial charge in [-0.3, -0.25) is 5.01 Å². The molecule has 0 saturated heterocycles. The number of hydrogen-bond donors (Lipinski definition) is 3. The van der Waals surface area contributed by atoms with Crippen LogP contribution in [0.2, 0.25) is 0 Å². The van der Waals surface area contributed by atoms with Crippen molar-refractivity contribution in [3.05, 3.63) is 66.0 Å². The van der Waals surface area contributed by atoms with Crippen LogP contribution in [0.4, 0.5) is 14.6 Å². The van der Waals surface area contributed by atoms with Crippen LogP contribution in [0.15, 0.2) is 65.6 Å². The highest BCUT2D eigenvalue weighted by atomic mass is 19.2. The zero-order valence-corrected chi connectivity index (χ0v) is 18.7. The molecule has 2 rings (SSSR count). The molecule has 2 aromatic rings. The molecule has 0 amide bonds. The van der Waals surface area contributed by atoms with E-state index in [1.165, 1.54) is 33.6 Å². The summed E-state index contributed by atoms with van der Waals surface area (Å²) >= 11 is 0. The topological polar surface area (TPSA) is 134 Å². The van der Waals surface area contributed by atoms with Crippen LogP contribution in [0.3, 0.4) is 0 Å². The number of halogens is 2. The quantitative estimate of drug-likeness (QED) is 0.179. The molecule has 0 aliphatic heterocycles. The third-order valence-corrected chi connectivity index (χ3v) is 4.57. The number of hydrazone groups is 1. The van der Waals surface area contributed by atoms with Gasteiger partial charge in [0.2, 0.25) is 5.75 Å². The minimum atomic E-state index is -1.22. The van der Waals surface area contributed by atoms with Crippen molar-refractivity contribution >= 4 is 11.7 Å². The molecule has 0 unspecified atom stereocenters. The molecule has 6 N–H and O–H groups in total. The van der Waals surface area contributed by atoms with E-state index in [4.69, 9.17) is 31.6 Å². The molecule has 1 aromatic carbocycles. The predicted molar refractivity (Wildman–Crippen MR) is 124 cm³/mol. The van der Waals surface area contributed by atoms with Gasteiger partial charge in [0.15, 0.2) is 23.2 Å². The van der Waals surface area contributed by atoms with E-state index in [-0.39, 0.29) is 22.9 Å². The van der Waals surface area contributed by atoms with Crippen LogP contribution in [0, 0.1) is 0 Å². The van der Waals surface area contributed by atoms with E-state index in [1.54, 1.807) is 18.2 Å². The number of methoxy groups -OCH3 is 3. The first kappa shape index (κ1) is 25.1. The number of ether oxygens (including phenoxy) is 3. The van der Waals surface area contributed by atoms with Gasteiger partial charge < -0.3 is 25.8 Å². The van der Waals surface area contributed by atoms with E-state index >= 15 is 0 Å². The Hall–Kier alpha value is -4.12. The molecule has 9 nitrogen and oxygen atoms in total. The van der Waals surface area contributed by atoms with E-state index in [0.29, 0.717) is 28.4 Å². The van der Waals surface area contributed by atoms with Crippen molar-refractivity contribution in [3.63, 3.8) is 0 Å². The lowest BCUT2D eigenvalue weighted by atomic mass is 10.0. The van der Waals surface area contributed by atoms with E-state index in [2.05, 4.69) is 16.7 Å². The average Bonchev–Trinajstić information content (AvgIpc) is 2.82. The molecular weight excluding hydrogens is 434 g/mol.